The quantitative estimate of drug-likeness (QED) is 0.136. The van der Waals surface area contributed by atoms with Crippen molar-refractivity contribution in [3.63, 3.8) is 0 Å². The van der Waals surface area contributed by atoms with Gasteiger partial charge in [0, 0.05) is 17.1 Å². The number of nitrogens with zero attached hydrogens (tertiary/aromatic N) is 3. The SMILES string of the molecule is CC(C)(C)c1ccc(N(c2ccc(C#N)c(Cl)c2-c2ccc(C(=O)OC(=O)C(F)(F)F)c3ncccc23)S(=O)[O-])cc1. The Kier molecular flexibility index (Phi) is 8.41. The maximum absolute atomic E-state index is 12.7. The van der Waals surface area contributed by atoms with Crippen LogP contribution in [-0.4, -0.2) is 31.9 Å². The van der Waals surface area contributed by atoms with E-state index in [1.807, 2.05) is 26.8 Å². The molecule has 0 aliphatic carbocycles. The molecule has 0 N–H and O–H groups in total. The molecule has 1 unspecified atom stereocenters. The smallest absolute Gasteiger partial charge is 0.491 e. The van der Waals surface area contributed by atoms with Crippen LogP contribution in [0.2, 0.25) is 5.02 Å². The third kappa shape index (κ3) is 5.99. The molecule has 0 saturated heterocycles. The third-order valence-corrected chi connectivity index (χ3v) is 7.35. The van der Waals surface area contributed by atoms with Crippen molar-refractivity contribution < 1.29 is 36.3 Å². The average Bonchev–Trinajstić information content (AvgIpc) is 2.92. The first kappa shape index (κ1) is 30.6. The van der Waals surface area contributed by atoms with E-state index < -0.39 is 34.9 Å². The van der Waals surface area contributed by atoms with E-state index in [0.717, 1.165) is 15.9 Å². The van der Waals surface area contributed by atoms with Crippen LogP contribution in [0.5, 0.6) is 0 Å². The topological polar surface area (TPSA) is 123 Å². The lowest BCUT2D eigenvalue weighted by Gasteiger charge is -2.30. The molecule has 13 heteroatoms. The predicted octanol–water partition coefficient (Wildman–Crippen LogP) is 6.90. The van der Waals surface area contributed by atoms with Crippen LogP contribution in [0.25, 0.3) is 22.0 Å². The van der Waals surface area contributed by atoms with E-state index >= 15 is 0 Å². The van der Waals surface area contributed by atoms with Gasteiger partial charge in [-0.3, -0.25) is 13.5 Å². The van der Waals surface area contributed by atoms with Gasteiger partial charge in [-0.1, -0.05) is 56.6 Å². The molecule has 8 nitrogen and oxygen atoms in total. The van der Waals surface area contributed by atoms with Gasteiger partial charge in [-0.25, -0.2) is 9.59 Å². The summed E-state index contributed by atoms with van der Waals surface area (Å²) in [5, 5.41) is 9.70. The van der Waals surface area contributed by atoms with E-state index in [1.54, 1.807) is 24.3 Å². The Labute approximate surface area is 245 Å². The normalized spacial score (nSPS) is 12.5. The third-order valence-electron chi connectivity index (χ3n) is 6.25. The number of esters is 2. The Bertz CT molecular complexity index is 1780. The number of benzene rings is 3. The summed E-state index contributed by atoms with van der Waals surface area (Å²) in [6.07, 6.45) is -4.14. The molecule has 1 atom stereocenters. The molecular weight excluding hydrogens is 595 g/mol. The molecule has 216 valence electrons. The Morgan fingerprint density at radius 2 is 1.71 bits per heavy atom. The Morgan fingerprint density at radius 3 is 2.29 bits per heavy atom. The van der Waals surface area contributed by atoms with E-state index in [2.05, 4.69) is 9.72 Å². The summed E-state index contributed by atoms with van der Waals surface area (Å²) in [5.74, 6) is -4.29. The molecule has 4 aromatic rings. The molecule has 42 heavy (non-hydrogen) atoms. The van der Waals surface area contributed by atoms with Crippen LogP contribution >= 0.6 is 11.6 Å². The molecule has 0 amide bonds. The minimum absolute atomic E-state index is 0.00595. The molecule has 1 heterocycles. The largest absolute Gasteiger partial charge is 0.755 e. The number of anilines is 2. The number of ether oxygens (including phenoxy) is 1. The van der Waals surface area contributed by atoms with Gasteiger partial charge in [-0.05, 0) is 52.9 Å². The summed E-state index contributed by atoms with van der Waals surface area (Å²) in [5.41, 5.74) is 0.722. The second-order valence-corrected chi connectivity index (χ2v) is 11.2. The summed E-state index contributed by atoms with van der Waals surface area (Å²) in [4.78, 5) is 27.9. The van der Waals surface area contributed by atoms with Crippen molar-refractivity contribution in [1.29, 1.82) is 5.26 Å². The molecule has 0 fully saturated rings. The van der Waals surface area contributed by atoms with Crippen molar-refractivity contribution in [2.24, 2.45) is 0 Å². The van der Waals surface area contributed by atoms with Crippen molar-refractivity contribution >= 4 is 57.1 Å². The highest BCUT2D eigenvalue weighted by molar-refractivity contribution is 7.81. The number of carbonyl (C=O) groups excluding carboxylic acids is 2. The molecular formula is C29H20ClF3N3O5S-. The lowest BCUT2D eigenvalue weighted by atomic mass is 9.87. The van der Waals surface area contributed by atoms with E-state index in [1.165, 1.54) is 36.5 Å². The number of aromatic nitrogens is 1. The fraction of sp³-hybridized carbons (Fsp3) is 0.172. The summed E-state index contributed by atoms with van der Waals surface area (Å²) in [6, 6.07) is 16.8. The van der Waals surface area contributed by atoms with Gasteiger partial charge in [0.15, 0.2) is 0 Å². The first-order valence-electron chi connectivity index (χ1n) is 12.1. The van der Waals surface area contributed by atoms with Gasteiger partial charge < -0.3 is 9.29 Å². The Morgan fingerprint density at radius 1 is 1.05 bits per heavy atom. The monoisotopic (exact) mass is 614 g/mol. The van der Waals surface area contributed by atoms with Gasteiger partial charge >= 0.3 is 18.1 Å². The Balaban J connectivity index is 1.96. The molecule has 1 aromatic heterocycles. The van der Waals surface area contributed by atoms with E-state index in [9.17, 15) is 36.8 Å². The molecule has 0 aliphatic rings. The van der Waals surface area contributed by atoms with E-state index in [-0.39, 0.29) is 49.4 Å². The highest BCUT2D eigenvalue weighted by Crippen LogP contribution is 2.45. The first-order valence-corrected chi connectivity index (χ1v) is 13.5. The average molecular weight is 615 g/mol. The number of fused-ring (bicyclic) bond motifs is 1. The molecule has 3 aromatic carbocycles. The maximum Gasteiger partial charge on any atom is 0.491 e. The molecule has 0 saturated carbocycles. The minimum atomic E-state index is -5.40. The first-order chi connectivity index (χ1) is 19.6. The van der Waals surface area contributed by atoms with Gasteiger partial charge in [0.25, 0.3) is 0 Å². The number of hydrogen-bond donors (Lipinski definition) is 0. The van der Waals surface area contributed by atoms with Gasteiger partial charge in [0.2, 0.25) is 0 Å². The second-order valence-electron chi connectivity index (χ2n) is 9.98. The van der Waals surface area contributed by atoms with Gasteiger partial charge in [-0.2, -0.15) is 18.4 Å². The lowest BCUT2D eigenvalue weighted by molar-refractivity contribution is -0.193. The second kappa shape index (κ2) is 11.5. The van der Waals surface area contributed by atoms with Crippen LogP contribution in [0.4, 0.5) is 24.5 Å². The zero-order valence-corrected chi connectivity index (χ0v) is 23.7. The maximum atomic E-state index is 12.7. The predicted molar refractivity (Wildman–Crippen MR) is 150 cm³/mol. The molecule has 0 bridgehead atoms. The standard InChI is InChI=1S/C29H21ClF3N3O5S/c1-28(2,3)17-7-9-18(10-8-17)36(42(39)40)22-13-6-16(15-34)24(30)23(22)19-11-12-21(25-20(19)5-4-14-35-25)26(37)41-27(38)29(31,32)33/h4-14H,1-3H3,(H,39,40)/p-1. The van der Waals surface area contributed by atoms with Crippen LogP contribution < -0.4 is 4.31 Å². The number of hydrogen-bond acceptors (Lipinski definition) is 7. The summed E-state index contributed by atoms with van der Waals surface area (Å²) in [7, 11) is 0. The van der Waals surface area contributed by atoms with Gasteiger partial charge in [-0.15, -0.1) is 0 Å². The van der Waals surface area contributed by atoms with Crippen molar-refractivity contribution in [3.05, 3.63) is 88.6 Å². The van der Waals surface area contributed by atoms with Crippen LogP contribution in [0.3, 0.4) is 0 Å². The van der Waals surface area contributed by atoms with Crippen molar-refractivity contribution in [2.45, 2.75) is 32.4 Å². The van der Waals surface area contributed by atoms with E-state index in [0.29, 0.717) is 0 Å². The minimum Gasteiger partial charge on any atom is -0.755 e. The molecule has 0 aliphatic heterocycles. The van der Waals surface area contributed by atoms with Crippen LogP contribution in [0.15, 0.2) is 66.9 Å². The molecule has 0 radical (unpaired) electrons. The van der Waals surface area contributed by atoms with Gasteiger partial charge in [0.05, 0.1) is 44.3 Å². The summed E-state index contributed by atoms with van der Waals surface area (Å²) in [6.45, 7) is 6.00. The summed E-state index contributed by atoms with van der Waals surface area (Å²) >= 11 is 3.77. The Hall–Kier alpha value is -4.31. The number of pyridine rings is 1. The fourth-order valence-corrected chi connectivity index (χ4v) is 5.14. The molecule has 4 rings (SSSR count). The van der Waals surface area contributed by atoms with Crippen LogP contribution in [0, 0.1) is 11.3 Å². The highest BCUT2D eigenvalue weighted by Gasteiger charge is 2.43. The zero-order valence-electron chi connectivity index (χ0n) is 22.2. The van der Waals surface area contributed by atoms with Crippen LogP contribution in [0.1, 0.15) is 42.3 Å². The number of carbonyl (C=O) groups is 2. The zero-order chi connectivity index (χ0) is 31.0. The number of rotatable bonds is 5. The fourth-order valence-electron chi connectivity index (χ4n) is 4.23. The number of nitriles is 1. The number of halogens is 4. The van der Waals surface area contributed by atoms with Crippen molar-refractivity contribution in [3.8, 4) is 17.2 Å². The van der Waals surface area contributed by atoms with Gasteiger partial charge in [0.1, 0.15) is 6.07 Å². The van der Waals surface area contributed by atoms with Crippen LogP contribution in [-0.2, 0) is 26.2 Å². The van der Waals surface area contributed by atoms with Crippen molar-refractivity contribution in [1.82, 2.24) is 4.98 Å². The lowest BCUT2D eigenvalue weighted by Crippen LogP contribution is -2.28. The van der Waals surface area contributed by atoms with E-state index in [4.69, 9.17) is 11.6 Å². The summed E-state index contributed by atoms with van der Waals surface area (Å²) < 4.78 is 68.4. The number of alkyl halides is 3. The van der Waals surface area contributed by atoms with Crippen molar-refractivity contribution in [2.75, 3.05) is 4.31 Å². The highest BCUT2D eigenvalue weighted by atomic mass is 35.5. The molecule has 0 spiro atoms.